The second-order valence-corrected chi connectivity index (χ2v) is 8.78. The zero-order valence-electron chi connectivity index (χ0n) is 15.3. The normalized spacial score (nSPS) is 20.9. The molecule has 3 rings (SSSR count). The van der Waals surface area contributed by atoms with Crippen LogP contribution in [0.1, 0.15) is 12.8 Å². The number of methoxy groups -OCH3 is 1. The molecule has 0 aromatic carbocycles. The molecule has 0 unspecified atom stereocenters. The molecule has 2 fully saturated rings. The number of hydrogen-bond acceptors (Lipinski definition) is 7. The van der Waals surface area contributed by atoms with Crippen molar-refractivity contribution in [2.45, 2.75) is 17.7 Å². The molecule has 2 aliphatic heterocycles. The van der Waals surface area contributed by atoms with Gasteiger partial charge in [-0.1, -0.05) is 0 Å². The summed E-state index contributed by atoms with van der Waals surface area (Å²) in [7, 11) is -0.0896. The predicted octanol–water partition coefficient (Wildman–Crippen LogP) is 0.407. The molecular weight excluding hydrogens is 356 g/mol. The lowest BCUT2D eigenvalue weighted by atomic mass is 9.97. The first kappa shape index (κ1) is 19.1. The number of piperidine rings is 1. The predicted molar refractivity (Wildman–Crippen MR) is 97.4 cm³/mol. The number of ether oxygens (including phenoxy) is 1. The molecular formula is C17H26N4O4S. The highest BCUT2D eigenvalue weighted by Crippen LogP contribution is 2.24. The van der Waals surface area contributed by atoms with Gasteiger partial charge in [-0.2, -0.15) is 4.31 Å². The molecule has 0 bridgehead atoms. The van der Waals surface area contributed by atoms with E-state index in [4.69, 9.17) is 4.74 Å². The van der Waals surface area contributed by atoms with Gasteiger partial charge in [0.2, 0.25) is 10.0 Å². The van der Waals surface area contributed by atoms with E-state index in [0.29, 0.717) is 26.2 Å². The fraction of sp³-hybridized carbons (Fsp3) is 0.647. The number of carbonyl (C=O) groups is 1. The molecule has 0 aliphatic carbocycles. The van der Waals surface area contributed by atoms with Crippen molar-refractivity contribution in [3.63, 3.8) is 0 Å². The molecule has 144 valence electrons. The largest absolute Gasteiger partial charge is 0.469 e. The Kier molecular flexibility index (Phi) is 5.79. The van der Waals surface area contributed by atoms with Crippen LogP contribution in [0.3, 0.4) is 0 Å². The maximum absolute atomic E-state index is 12.7. The summed E-state index contributed by atoms with van der Waals surface area (Å²) in [4.78, 5) is 20.4. The lowest BCUT2D eigenvalue weighted by molar-refractivity contribution is -0.146. The molecule has 0 N–H and O–H groups in total. The molecule has 1 aromatic rings. The maximum Gasteiger partial charge on any atom is 0.308 e. The molecule has 0 spiro atoms. The van der Waals surface area contributed by atoms with Crippen molar-refractivity contribution in [3.8, 4) is 0 Å². The van der Waals surface area contributed by atoms with Crippen molar-refractivity contribution >= 4 is 21.8 Å². The van der Waals surface area contributed by atoms with Crippen LogP contribution in [0.2, 0.25) is 0 Å². The van der Waals surface area contributed by atoms with Crippen LogP contribution in [0.25, 0.3) is 0 Å². The molecule has 26 heavy (non-hydrogen) atoms. The summed E-state index contributed by atoms with van der Waals surface area (Å²) in [5, 5.41) is 0. The number of nitrogens with zero attached hydrogens (tertiary/aromatic N) is 4. The highest BCUT2D eigenvalue weighted by molar-refractivity contribution is 7.89. The summed E-state index contributed by atoms with van der Waals surface area (Å²) in [5.41, 5.74) is 0. The van der Waals surface area contributed by atoms with Crippen LogP contribution < -0.4 is 4.90 Å². The number of rotatable bonds is 4. The monoisotopic (exact) mass is 382 g/mol. The Balaban J connectivity index is 1.64. The quantitative estimate of drug-likeness (QED) is 0.698. The molecule has 2 aliphatic rings. The first-order valence-electron chi connectivity index (χ1n) is 8.89. The molecule has 0 amide bonds. The van der Waals surface area contributed by atoms with Crippen LogP contribution >= 0.6 is 0 Å². The molecule has 0 atom stereocenters. The Labute approximate surface area is 154 Å². The summed E-state index contributed by atoms with van der Waals surface area (Å²) in [5.74, 6) is 0.519. The van der Waals surface area contributed by atoms with Crippen LogP contribution in [0.5, 0.6) is 0 Å². The minimum atomic E-state index is -3.49. The molecule has 0 radical (unpaired) electrons. The van der Waals surface area contributed by atoms with Gasteiger partial charge in [0.15, 0.2) is 0 Å². The number of sulfonamides is 1. The van der Waals surface area contributed by atoms with E-state index >= 15 is 0 Å². The maximum atomic E-state index is 12.7. The first-order valence-corrected chi connectivity index (χ1v) is 10.3. The van der Waals surface area contributed by atoms with E-state index in [1.807, 2.05) is 7.05 Å². The van der Waals surface area contributed by atoms with Crippen LogP contribution in [-0.4, -0.2) is 82.0 Å². The van der Waals surface area contributed by atoms with E-state index in [2.05, 4.69) is 14.8 Å². The number of anilines is 1. The zero-order valence-corrected chi connectivity index (χ0v) is 16.1. The van der Waals surface area contributed by atoms with E-state index in [0.717, 1.165) is 31.7 Å². The third-order valence-corrected chi connectivity index (χ3v) is 7.06. The Morgan fingerprint density at radius 2 is 1.77 bits per heavy atom. The van der Waals surface area contributed by atoms with E-state index in [1.54, 1.807) is 12.1 Å². The van der Waals surface area contributed by atoms with Crippen LogP contribution in [0, 0.1) is 5.92 Å². The first-order chi connectivity index (χ1) is 12.4. The van der Waals surface area contributed by atoms with E-state index in [-0.39, 0.29) is 16.8 Å². The number of carbonyl (C=O) groups excluding carboxylic acids is 1. The van der Waals surface area contributed by atoms with Gasteiger partial charge in [0.1, 0.15) is 10.7 Å². The molecule has 8 nitrogen and oxygen atoms in total. The lowest BCUT2D eigenvalue weighted by Crippen LogP contribution is -2.47. The van der Waals surface area contributed by atoms with Crippen LogP contribution in [-0.2, 0) is 19.6 Å². The fourth-order valence-corrected chi connectivity index (χ4v) is 4.77. The number of pyridine rings is 1. The number of piperazine rings is 1. The van der Waals surface area contributed by atoms with Gasteiger partial charge in [-0.25, -0.2) is 13.4 Å². The molecule has 9 heteroatoms. The summed E-state index contributed by atoms with van der Waals surface area (Å²) in [6, 6.07) is 3.38. The van der Waals surface area contributed by atoms with Gasteiger partial charge in [0, 0.05) is 45.5 Å². The smallest absolute Gasteiger partial charge is 0.308 e. The fourth-order valence-electron chi connectivity index (χ4n) is 3.40. The van der Waals surface area contributed by atoms with Crippen LogP contribution in [0.15, 0.2) is 23.2 Å². The van der Waals surface area contributed by atoms with Crippen molar-refractivity contribution in [1.29, 1.82) is 0 Å². The topological polar surface area (TPSA) is 83.0 Å². The van der Waals surface area contributed by atoms with Crippen molar-refractivity contribution in [3.05, 3.63) is 18.3 Å². The minimum absolute atomic E-state index is 0.0619. The third-order valence-electron chi connectivity index (χ3n) is 5.17. The van der Waals surface area contributed by atoms with Gasteiger partial charge >= 0.3 is 5.97 Å². The van der Waals surface area contributed by atoms with E-state index in [1.165, 1.54) is 17.6 Å². The molecule has 0 saturated carbocycles. The summed E-state index contributed by atoms with van der Waals surface area (Å²) < 4.78 is 31.8. The average molecular weight is 382 g/mol. The van der Waals surface area contributed by atoms with Crippen molar-refractivity contribution in [2.24, 2.45) is 5.92 Å². The SMILES string of the molecule is COC(=O)C1CCN(c2ccc(S(=O)(=O)N3CCN(C)CC3)cn2)CC1. The van der Waals surface area contributed by atoms with Gasteiger partial charge in [-0.3, -0.25) is 4.79 Å². The highest BCUT2D eigenvalue weighted by atomic mass is 32.2. The number of esters is 1. The zero-order chi connectivity index (χ0) is 18.7. The lowest BCUT2D eigenvalue weighted by Gasteiger charge is -2.32. The minimum Gasteiger partial charge on any atom is -0.469 e. The Morgan fingerprint density at radius 3 is 2.31 bits per heavy atom. The second kappa shape index (κ2) is 7.89. The summed E-state index contributed by atoms with van der Waals surface area (Å²) >= 11 is 0. The highest BCUT2D eigenvalue weighted by Gasteiger charge is 2.29. The van der Waals surface area contributed by atoms with Crippen molar-refractivity contribution < 1.29 is 17.9 Å². The third kappa shape index (κ3) is 3.99. The van der Waals surface area contributed by atoms with Crippen molar-refractivity contribution in [2.75, 3.05) is 58.3 Å². The molecule has 2 saturated heterocycles. The number of hydrogen-bond donors (Lipinski definition) is 0. The standard InChI is InChI=1S/C17H26N4O4S/c1-19-9-11-21(12-10-19)26(23,24)15-3-4-16(18-13-15)20-7-5-14(6-8-20)17(22)25-2/h3-4,13-14H,5-12H2,1-2H3. The average Bonchev–Trinajstić information content (AvgIpc) is 2.68. The van der Waals surface area contributed by atoms with Gasteiger partial charge in [0.05, 0.1) is 13.0 Å². The Bertz CT molecular complexity index is 722. The van der Waals surface area contributed by atoms with Gasteiger partial charge in [-0.15, -0.1) is 0 Å². The van der Waals surface area contributed by atoms with Crippen LogP contribution in [0.4, 0.5) is 5.82 Å². The number of aromatic nitrogens is 1. The Hall–Kier alpha value is -1.71. The van der Waals surface area contributed by atoms with Gasteiger partial charge in [-0.05, 0) is 32.0 Å². The molecule has 3 heterocycles. The Morgan fingerprint density at radius 1 is 1.12 bits per heavy atom. The van der Waals surface area contributed by atoms with Gasteiger partial charge in [0.25, 0.3) is 0 Å². The second-order valence-electron chi connectivity index (χ2n) is 6.84. The van der Waals surface area contributed by atoms with Gasteiger partial charge < -0.3 is 14.5 Å². The van der Waals surface area contributed by atoms with Crippen molar-refractivity contribution in [1.82, 2.24) is 14.2 Å². The number of likely N-dealkylation sites (N-methyl/N-ethyl adjacent to an activating group) is 1. The summed E-state index contributed by atoms with van der Waals surface area (Å²) in [6.45, 7) is 3.89. The summed E-state index contributed by atoms with van der Waals surface area (Å²) in [6.07, 6.45) is 2.88. The van der Waals surface area contributed by atoms with E-state index in [9.17, 15) is 13.2 Å². The van der Waals surface area contributed by atoms with E-state index < -0.39 is 10.0 Å². The molecule has 1 aromatic heterocycles.